The molecule has 0 spiro atoms. The van der Waals surface area contributed by atoms with Gasteiger partial charge in [-0.3, -0.25) is 4.90 Å². The number of hydrogen-bond acceptors (Lipinski definition) is 3. The van der Waals surface area contributed by atoms with Crippen molar-refractivity contribution < 1.29 is 0 Å². The van der Waals surface area contributed by atoms with E-state index in [-0.39, 0.29) is 0 Å². The highest BCUT2D eigenvalue weighted by Crippen LogP contribution is 1.75. The summed E-state index contributed by atoms with van der Waals surface area (Å²) >= 11 is 0. The standard InChI is InChI=1S/C6H13N3/c1-8-4-6-9(2)5-3-7/h8H,4-6H2,1-2H3. The van der Waals surface area contributed by atoms with Crippen LogP contribution in [0.25, 0.3) is 0 Å². The number of likely N-dealkylation sites (N-methyl/N-ethyl adjacent to an activating group) is 2. The van der Waals surface area contributed by atoms with Gasteiger partial charge in [-0.25, -0.2) is 0 Å². The minimum absolute atomic E-state index is 0.516. The van der Waals surface area contributed by atoms with Crippen molar-refractivity contribution in [2.75, 3.05) is 33.7 Å². The SMILES string of the molecule is CNCCN(C)CC#N. The fourth-order valence-corrected chi connectivity index (χ4v) is 0.502. The lowest BCUT2D eigenvalue weighted by atomic mass is 10.5. The molecule has 0 aliphatic rings. The lowest BCUT2D eigenvalue weighted by Gasteiger charge is -2.10. The maximum Gasteiger partial charge on any atom is 0.0863 e. The molecule has 0 atom stereocenters. The summed E-state index contributed by atoms with van der Waals surface area (Å²) in [7, 11) is 3.83. The number of hydrogen-bond donors (Lipinski definition) is 1. The summed E-state index contributed by atoms with van der Waals surface area (Å²) in [5.41, 5.74) is 0. The molecule has 0 aromatic carbocycles. The molecule has 52 valence electrons. The number of nitrogens with one attached hydrogen (secondary N) is 1. The van der Waals surface area contributed by atoms with Gasteiger partial charge in [-0.15, -0.1) is 0 Å². The molecular formula is C6H13N3. The monoisotopic (exact) mass is 127 g/mol. The van der Waals surface area contributed by atoms with Gasteiger partial charge >= 0.3 is 0 Å². The number of nitrogens with zero attached hydrogens (tertiary/aromatic N) is 2. The van der Waals surface area contributed by atoms with E-state index in [1.165, 1.54) is 0 Å². The van der Waals surface area contributed by atoms with Crippen LogP contribution < -0.4 is 5.32 Å². The van der Waals surface area contributed by atoms with Crippen LogP contribution in [0.1, 0.15) is 0 Å². The Hall–Kier alpha value is -0.590. The highest BCUT2D eigenvalue weighted by Gasteiger charge is 1.92. The van der Waals surface area contributed by atoms with Gasteiger partial charge in [0.05, 0.1) is 12.6 Å². The molecule has 0 fully saturated rings. The van der Waals surface area contributed by atoms with Gasteiger partial charge in [-0.2, -0.15) is 5.26 Å². The summed E-state index contributed by atoms with van der Waals surface area (Å²) in [6, 6.07) is 2.07. The zero-order valence-corrected chi connectivity index (χ0v) is 6.02. The Bertz CT molecular complexity index is 95.0. The van der Waals surface area contributed by atoms with E-state index in [9.17, 15) is 0 Å². The minimum atomic E-state index is 0.516. The molecule has 0 rings (SSSR count). The zero-order valence-electron chi connectivity index (χ0n) is 6.02. The Kier molecular flexibility index (Phi) is 5.18. The average molecular weight is 127 g/mol. The molecule has 0 saturated carbocycles. The molecule has 0 amide bonds. The van der Waals surface area contributed by atoms with Crippen molar-refractivity contribution in [3.8, 4) is 6.07 Å². The van der Waals surface area contributed by atoms with Crippen LogP contribution in [-0.2, 0) is 0 Å². The second-order valence-corrected chi connectivity index (χ2v) is 2.00. The molecule has 0 bridgehead atoms. The molecule has 0 aromatic rings. The fourth-order valence-electron chi connectivity index (χ4n) is 0.502. The normalized spacial score (nSPS) is 9.56. The highest BCUT2D eigenvalue weighted by molar-refractivity contribution is 4.74. The van der Waals surface area contributed by atoms with E-state index in [1.807, 2.05) is 19.0 Å². The van der Waals surface area contributed by atoms with E-state index in [4.69, 9.17) is 5.26 Å². The van der Waals surface area contributed by atoms with Gasteiger partial charge in [0.1, 0.15) is 0 Å². The third-order valence-electron chi connectivity index (χ3n) is 1.08. The van der Waals surface area contributed by atoms with Crippen LogP contribution in [0.3, 0.4) is 0 Å². The van der Waals surface area contributed by atoms with Gasteiger partial charge in [0.25, 0.3) is 0 Å². The summed E-state index contributed by atoms with van der Waals surface area (Å²) in [6.45, 7) is 2.39. The van der Waals surface area contributed by atoms with E-state index in [0.717, 1.165) is 13.1 Å². The summed E-state index contributed by atoms with van der Waals surface area (Å²) in [4.78, 5) is 1.97. The molecule has 0 saturated heterocycles. The van der Waals surface area contributed by atoms with Crippen molar-refractivity contribution in [1.82, 2.24) is 10.2 Å². The smallest absolute Gasteiger partial charge is 0.0863 e. The van der Waals surface area contributed by atoms with Crippen LogP contribution >= 0.6 is 0 Å². The Morgan fingerprint density at radius 1 is 1.67 bits per heavy atom. The molecule has 0 aliphatic carbocycles. The topological polar surface area (TPSA) is 39.1 Å². The molecule has 3 nitrogen and oxygen atoms in total. The van der Waals surface area contributed by atoms with Crippen LogP contribution in [0.15, 0.2) is 0 Å². The summed E-state index contributed by atoms with van der Waals surface area (Å²) in [5.74, 6) is 0. The summed E-state index contributed by atoms with van der Waals surface area (Å²) in [5, 5.41) is 11.2. The molecule has 0 unspecified atom stereocenters. The van der Waals surface area contributed by atoms with Crippen LogP contribution in [0.5, 0.6) is 0 Å². The number of nitriles is 1. The van der Waals surface area contributed by atoms with E-state index < -0.39 is 0 Å². The van der Waals surface area contributed by atoms with Crippen molar-refractivity contribution in [3.63, 3.8) is 0 Å². The first-order valence-corrected chi connectivity index (χ1v) is 3.01. The Balaban J connectivity index is 3.08. The molecule has 9 heavy (non-hydrogen) atoms. The maximum absolute atomic E-state index is 8.22. The van der Waals surface area contributed by atoms with Gasteiger partial charge < -0.3 is 5.32 Å². The van der Waals surface area contributed by atoms with E-state index in [1.54, 1.807) is 0 Å². The molecule has 0 aromatic heterocycles. The Morgan fingerprint density at radius 2 is 2.33 bits per heavy atom. The van der Waals surface area contributed by atoms with Crippen molar-refractivity contribution in [2.24, 2.45) is 0 Å². The zero-order chi connectivity index (χ0) is 7.11. The summed E-state index contributed by atoms with van der Waals surface area (Å²) < 4.78 is 0. The lowest BCUT2D eigenvalue weighted by Crippen LogP contribution is -2.27. The molecule has 1 N–H and O–H groups in total. The highest BCUT2D eigenvalue weighted by atomic mass is 15.1. The maximum atomic E-state index is 8.22. The van der Waals surface area contributed by atoms with Crippen molar-refractivity contribution in [3.05, 3.63) is 0 Å². The molecule has 0 heterocycles. The van der Waals surface area contributed by atoms with Gasteiger partial charge in [-0.1, -0.05) is 0 Å². The molecule has 0 aliphatic heterocycles. The quantitative estimate of drug-likeness (QED) is 0.525. The second-order valence-electron chi connectivity index (χ2n) is 2.00. The molecule has 3 heteroatoms. The van der Waals surface area contributed by atoms with Crippen LogP contribution in [-0.4, -0.2) is 38.6 Å². The fraction of sp³-hybridized carbons (Fsp3) is 0.833. The van der Waals surface area contributed by atoms with E-state index in [2.05, 4.69) is 11.4 Å². The summed E-state index contributed by atoms with van der Waals surface area (Å²) in [6.07, 6.45) is 0. The third kappa shape index (κ3) is 5.28. The molecular weight excluding hydrogens is 114 g/mol. The van der Waals surface area contributed by atoms with Gasteiger partial charge in [0.2, 0.25) is 0 Å². The number of rotatable bonds is 4. The van der Waals surface area contributed by atoms with E-state index in [0.29, 0.717) is 6.54 Å². The van der Waals surface area contributed by atoms with Crippen LogP contribution in [0, 0.1) is 11.3 Å². The van der Waals surface area contributed by atoms with Crippen molar-refractivity contribution in [2.45, 2.75) is 0 Å². The van der Waals surface area contributed by atoms with Gasteiger partial charge in [-0.05, 0) is 14.1 Å². The first-order chi connectivity index (χ1) is 4.31. The third-order valence-corrected chi connectivity index (χ3v) is 1.08. The predicted octanol–water partition coefficient (Wildman–Crippen LogP) is -0.339. The van der Waals surface area contributed by atoms with Crippen molar-refractivity contribution in [1.29, 1.82) is 5.26 Å². The minimum Gasteiger partial charge on any atom is -0.318 e. The second kappa shape index (κ2) is 5.54. The van der Waals surface area contributed by atoms with Crippen LogP contribution in [0.2, 0.25) is 0 Å². The van der Waals surface area contributed by atoms with Gasteiger partial charge in [0.15, 0.2) is 0 Å². The van der Waals surface area contributed by atoms with Crippen LogP contribution in [0.4, 0.5) is 0 Å². The molecule has 0 radical (unpaired) electrons. The van der Waals surface area contributed by atoms with Gasteiger partial charge in [0, 0.05) is 13.1 Å². The predicted molar refractivity (Wildman–Crippen MR) is 37.0 cm³/mol. The largest absolute Gasteiger partial charge is 0.318 e. The Morgan fingerprint density at radius 3 is 2.78 bits per heavy atom. The van der Waals surface area contributed by atoms with Crippen molar-refractivity contribution >= 4 is 0 Å². The lowest BCUT2D eigenvalue weighted by molar-refractivity contribution is 0.374. The first kappa shape index (κ1) is 8.41. The first-order valence-electron chi connectivity index (χ1n) is 3.01. The average Bonchev–Trinajstić information content (AvgIpc) is 1.85. The van der Waals surface area contributed by atoms with E-state index >= 15 is 0 Å². The Labute approximate surface area is 56.3 Å².